The second-order valence-corrected chi connectivity index (χ2v) is 10.6. The molecule has 8 nitrogen and oxygen atoms in total. The molecule has 1 unspecified atom stereocenters. The molecule has 1 atom stereocenters. The molecule has 1 aliphatic heterocycles. The van der Waals surface area contributed by atoms with Crippen LogP contribution in [0.2, 0.25) is 0 Å². The zero-order chi connectivity index (χ0) is 22.9. The summed E-state index contributed by atoms with van der Waals surface area (Å²) in [5.41, 5.74) is 3.69. The summed E-state index contributed by atoms with van der Waals surface area (Å²) in [6.45, 7) is 0.746. The van der Waals surface area contributed by atoms with E-state index in [2.05, 4.69) is 10.6 Å². The van der Waals surface area contributed by atoms with Crippen molar-refractivity contribution in [1.82, 2.24) is 9.62 Å². The summed E-state index contributed by atoms with van der Waals surface area (Å²) in [4.78, 5) is 12.2. The number of nitrogens with zero attached hydrogens (tertiary/aromatic N) is 1. The summed E-state index contributed by atoms with van der Waals surface area (Å²) in [5.74, 6) is -3.19. The molecule has 1 amide bonds. The van der Waals surface area contributed by atoms with Gasteiger partial charge < -0.3 is 21.1 Å². The molecular formula is C19H21F2IN4O4S. The molecule has 1 saturated heterocycles. The average molecular weight is 566 g/mol. The van der Waals surface area contributed by atoms with E-state index in [-0.39, 0.29) is 22.7 Å². The van der Waals surface area contributed by atoms with Gasteiger partial charge in [0.2, 0.25) is 5.44 Å². The zero-order valence-corrected chi connectivity index (χ0v) is 19.6. The summed E-state index contributed by atoms with van der Waals surface area (Å²) in [5, 5.41) is 5.61. The van der Waals surface area contributed by atoms with Crippen molar-refractivity contribution in [2.24, 2.45) is 11.7 Å². The first-order chi connectivity index (χ1) is 14.5. The minimum Gasteiger partial charge on any atom is -0.472 e. The quantitative estimate of drug-likeness (QED) is 0.423. The molecule has 2 aromatic rings. The van der Waals surface area contributed by atoms with Crippen molar-refractivity contribution >= 4 is 49.9 Å². The van der Waals surface area contributed by atoms with Crippen molar-refractivity contribution in [3.8, 4) is 5.75 Å². The standard InChI is InChI=1S/C19H21F2IN4O4S/c1-26(2)31(28,29)19(10-8-24-9-10)30-16-6-11(20)5-15(17(16)18(23)27)25-14-4-3-12(22)7-13(14)21/h3-7,10,19,24-25H,8-9H2,1-2H3,(H2,23,27). The summed E-state index contributed by atoms with van der Waals surface area (Å²) in [6.07, 6.45) is 0. The number of hydrogen-bond donors (Lipinski definition) is 3. The molecule has 0 aliphatic carbocycles. The number of rotatable bonds is 8. The second kappa shape index (κ2) is 9.22. The number of carbonyl (C=O) groups is 1. The van der Waals surface area contributed by atoms with Crippen molar-refractivity contribution in [2.45, 2.75) is 5.44 Å². The van der Waals surface area contributed by atoms with Crippen molar-refractivity contribution in [3.05, 3.63) is 51.1 Å². The summed E-state index contributed by atoms with van der Waals surface area (Å²) in [6, 6.07) is 6.15. The molecular weight excluding hydrogens is 545 g/mol. The van der Waals surface area contributed by atoms with Gasteiger partial charge in [0.05, 0.1) is 11.4 Å². The summed E-state index contributed by atoms with van der Waals surface area (Å²) < 4.78 is 61.6. The first kappa shape index (κ1) is 23.6. The number of nitrogens with two attached hydrogens (primary N) is 1. The maximum atomic E-state index is 14.4. The van der Waals surface area contributed by atoms with Crippen LogP contribution in [0.4, 0.5) is 20.2 Å². The van der Waals surface area contributed by atoms with E-state index >= 15 is 0 Å². The Hall–Kier alpha value is -2.03. The third-order valence-corrected chi connectivity index (χ3v) is 7.51. The van der Waals surface area contributed by atoms with Crippen molar-refractivity contribution in [2.75, 3.05) is 32.5 Å². The topological polar surface area (TPSA) is 114 Å². The Morgan fingerprint density at radius 2 is 1.94 bits per heavy atom. The van der Waals surface area contributed by atoms with Gasteiger partial charge in [0.15, 0.2) is 0 Å². The van der Waals surface area contributed by atoms with E-state index in [0.29, 0.717) is 16.7 Å². The van der Waals surface area contributed by atoms with E-state index in [1.807, 2.05) is 22.6 Å². The molecule has 1 aliphatic rings. The maximum absolute atomic E-state index is 14.4. The van der Waals surface area contributed by atoms with E-state index in [0.717, 1.165) is 16.4 Å². The van der Waals surface area contributed by atoms with Gasteiger partial charge in [-0.15, -0.1) is 0 Å². The molecule has 168 valence electrons. The second-order valence-electron chi connectivity index (χ2n) is 7.17. The molecule has 0 saturated carbocycles. The number of amides is 1. The van der Waals surface area contributed by atoms with E-state index < -0.39 is 38.9 Å². The predicted octanol–water partition coefficient (Wildman–Crippen LogP) is 2.23. The number of benzene rings is 2. The molecule has 0 radical (unpaired) electrons. The third-order valence-electron chi connectivity index (χ3n) is 4.76. The minimum atomic E-state index is -3.92. The highest BCUT2D eigenvalue weighted by atomic mass is 127. The van der Waals surface area contributed by atoms with Gasteiger partial charge in [-0.3, -0.25) is 4.79 Å². The van der Waals surface area contributed by atoms with Gasteiger partial charge in [-0.1, -0.05) is 0 Å². The van der Waals surface area contributed by atoms with E-state index in [9.17, 15) is 22.0 Å². The van der Waals surface area contributed by atoms with Crippen molar-refractivity contribution < 1.29 is 26.7 Å². The Balaban J connectivity index is 2.06. The van der Waals surface area contributed by atoms with Crippen LogP contribution in [0, 0.1) is 21.1 Å². The predicted molar refractivity (Wildman–Crippen MR) is 121 cm³/mol. The minimum absolute atomic E-state index is 0.0138. The first-order valence-corrected chi connectivity index (χ1v) is 11.7. The van der Waals surface area contributed by atoms with Crippen molar-refractivity contribution in [3.63, 3.8) is 0 Å². The number of carbonyl (C=O) groups excluding carboxylic acids is 1. The van der Waals surface area contributed by atoms with Crippen LogP contribution >= 0.6 is 22.6 Å². The molecule has 0 spiro atoms. The van der Waals surface area contributed by atoms with Crippen LogP contribution in [-0.4, -0.2) is 51.3 Å². The van der Waals surface area contributed by atoms with Crippen LogP contribution in [0.3, 0.4) is 0 Å². The Labute approximate surface area is 192 Å². The Kier molecular flexibility index (Phi) is 7.03. The molecule has 1 heterocycles. The number of halogens is 3. The van der Waals surface area contributed by atoms with Crippen LogP contribution in [0.1, 0.15) is 10.4 Å². The first-order valence-electron chi connectivity index (χ1n) is 9.15. The fourth-order valence-electron chi connectivity index (χ4n) is 3.00. The molecule has 0 bridgehead atoms. The lowest BCUT2D eigenvalue weighted by molar-refractivity contribution is 0.0990. The molecule has 0 aromatic heterocycles. The highest BCUT2D eigenvalue weighted by molar-refractivity contribution is 14.1. The third kappa shape index (κ3) is 5.07. The SMILES string of the molecule is CN(C)S(=O)(=O)C(Oc1cc(F)cc(Nc2ccc(I)cc2F)c1C(N)=O)C1CNC1. The highest BCUT2D eigenvalue weighted by Crippen LogP contribution is 2.34. The Morgan fingerprint density at radius 3 is 2.45 bits per heavy atom. The number of nitrogens with one attached hydrogen (secondary N) is 2. The summed E-state index contributed by atoms with van der Waals surface area (Å²) >= 11 is 1.93. The van der Waals surface area contributed by atoms with Crippen LogP contribution in [0.5, 0.6) is 5.75 Å². The molecule has 12 heteroatoms. The van der Waals surface area contributed by atoms with Crippen LogP contribution < -0.4 is 21.1 Å². The van der Waals surface area contributed by atoms with E-state index in [4.69, 9.17) is 10.5 Å². The number of anilines is 2. The lowest BCUT2D eigenvalue weighted by Crippen LogP contribution is -2.55. The van der Waals surface area contributed by atoms with Crippen molar-refractivity contribution in [1.29, 1.82) is 0 Å². The van der Waals surface area contributed by atoms with E-state index in [1.165, 1.54) is 26.2 Å². The average Bonchev–Trinajstić information content (AvgIpc) is 2.61. The molecule has 31 heavy (non-hydrogen) atoms. The van der Waals surface area contributed by atoms with E-state index in [1.54, 1.807) is 6.07 Å². The molecule has 1 fully saturated rings. The van der Waals surface area contributed by atoms with Gasteiger partial charge >= 0.3 is 0 Å². The Morgan fingerprint density at radius 1 is 1.26 bits per heavy atom. The van der Waals surface area contributed by atoms with Gasteiger partial charge in [0.1, 0.15) is 22.9 Å². The van der Waals surface area contributed by atoms with Crippen LogP contribution in [0.25, 0.3) is 0 Å². The number of hydrogen-bond acceptors (Lipinski definition) is 6. The lowest BCUT2D eigenvalue weighted by atomic mass is 10.0. The molecule has 4 N–H and O–H groups in total. The number of primary amides is 1. The normalized spacial score (nSPS) is 15.4. The zero-order valence-electron chi connectivity index (χ0n) is 16.7. The largest absolute Gasteiger partial charge is 0.472 e. The molecule has 2 aromatic carbocycles. The highest BCUT2D eigenvalue weighted by Gasteiger charge is 2.41. The van der Waals surface area contributed by atoms with Gasteiger partial charge in [0, 0.05) is 42.7 Å². The lowest BCUT2D eigenvalue weighted by Gasteiger charge is -2.35. The van der Waals surface area contributed by atoms with Crippen LogP contribution in [0.15, 0.2) is 30.3 Å². The Bertz CT molecular complexity index is 1110. The van der Waals surface area contributed by atoms with Gasteiger partial charge in [-0.25, -0.2) is 21.5 Å². The van der Waals surface area contributed by atoms with Gasteiger partial charge in [0.25, 0.3) is 15.9 Å². The summed E-state index contributed by atoms with van der Waals surface area (Å²) in [7, 11) is -1.22. The van der Waals surface area contributed by atoms with Crippen LogP contribution in [-0.2, 0) is 10.0 Å². The monoisotopic (exact) mass is 566 g/mol. The number of ether oxygens (including phenoxy) is 1. The van der Waals surface area contributed by atoms with Gasteiger partial charge in [-0.05, 0) is 46.9 Å². The smallest absolute Gasteiger partial charge is 0.254 e. The maximum Gasteiger partial charge on any atom is 0.254 e. The number of sulfonamides is 1. The fourth-order valence-corrected chi connectivity index (χ4v) is 4.77. The molecule has 3 rings (SSSR count). The fraction of sp³-hybridized carbons (Fsp3) is 0.316. The van der Waals surface area contributed by atoms with Gasteiger partial charge in [-0.2, -0.15) is 0 Å².